The molecule has 1 aliphatic carbocycles. The van der Waals surface area contributed by atoms with Gasteiger partial charge in [0.1, 0.15) is 0 Å². The molecule has 0 aromatic heterocycles. The number of aliphatic imine (C=N–C) groups is 1. The Balaban J connectivity index is 1.80. The summed E-state index contributed by atoms with van der Waals surface area (Å²) in [6, 6.07) is 0. The molecule has 0 bridgehead atoms. The van der Waals surface area contributed by atoms with Crippen molar-refractivity contribution in [2.75, 3.05) is 33.4 Å². The molecule has 1 saturated carbocycles. The summed E-state index contributed by atoms with van der Waals surface area (Å²) in [7, 11) is 1.86. The van der Waals surface area contributed by atoms with Crippen LogP contribution in [-0.4, -0.2) is 39.3 Å². The molecule has 0 spiro atoms. The molecule has 1 saturated heterocycles. The van der Waals surface area contributed by atoms with Gasteiger partial charge in [0.2, 0.25) is 0 Å². The zero-order chi connectivity index (χ0) is 15.3. The van der Waals surface area contributed by atoms with E-state index in [4.69, 9.17) is 4.74 Å². The first kappa shape index (κ1) is 16.6. The number of guanidine groups is 1. The van der Waals surface area contributed by atoms with Gasteiger partial charge in [-0.25, -0.2) is 0 Å². The van der Waals surface area contributed by atoms with Crippen molar-refractivity contribution in [2.24, 2.45) is 21.7 Å². The van der Waals surface area contributed by atoms with Crippen LogP contribution < -0.4 is 10.6 Å². The largest absolute Gasteiger partial charge is 0.380 e. The Bertz CT molecular complexity index is 355. The molecule has 2 aliphatic rings. The summed E-state index contributed by atoms with van der Waals surface area (Å²) in [5.41, 5.74) is 0.760. The van der Waals surface area contributed by atoms with E-state index in [1.807, 2.05) is 7.05 Å². The topological polar surface area (TPSA) is 45.7 Å². The maximum Gasteiger partial charge on any atom is 0.191 e. The van der Waals surface area contributed by atoms with E-state index < -0.39 is 0 Å². The first-order valence-corrected chi connectivity index (χ1v) is 8.49. The molecule has 1 aliphatic heterocycles. The molecular weight excluding hydrogens is 262 g/mol. The minimum absolute atomic E-state index is 0.278. The minimum Gasteiger partial charge on any atom is -0.380 e. The van der Waals surface area contributed by atoms with Crippen LogP contribution in [0.25, 0.3) is 0 Å². The van der Waals surface area contributed by atoms with Gasteiger partial charge >= 0.3 is 0 Å². The molecule has 0 aromatic rings. The third kappa shape index (κ3) is 4.60. The lowest BCUT2D eigenvalue weighted by Gasteiger charge is -2.38. The van der Waals surface area contributed by atoms with E-state index in [2.05, 4.69) is 36.4 Å². The van der Waals surface area contributed by atoms with Gasteiger partial charge in [0.15, 0.2) is 5.96 Å². The van der Waals surface area contributed by atoms with E-state index >= 15 is 0 Å². The molecule has 0 amide bonds. The van der Waals surface area contributed by atoms with Crippen molar-refractivity contribution in [1.82, 2.24) is 10.6 Å². The van der Waals surface area contributed by atoms with Crippen molar-refractivity contribution in [2.45, 2.75) is 52.9 Å². The summed E-state index contributed by atoms with van der Waals surface area (Å²) in [6.07, 6.45) is 6.82. The third-order valence-corrected chi connectivity index (χ3v) is 4.94. The summed E-state index contributed by atoms with van der Waals surface area (Å²) in [5, 5.41) is 7.04. The molecule has 0 atom stereocenters. The number of hydrogen-bond acceptors (Lipinski definition) is 2. The maximum atomic E-state index is 5.30. The first-order chi connectivity index (χ1) is 9.97. The van der Waals surface area contributed by atoms with Crippen molar-refractivity contribution in [3.05, 3.63) is 0 Å². The van der Waals surface area contributed by atoms with Crippen LogP contribution in [0.2, 0.25) is 0 Å². The fraction of sp³-hybridized carbons (Fsp3) is 0.941. The van der Waals surface area contributed by atoms with Gasteiger partial charge in [-0.2, -0.15) is 0 Å². The van der Waals surface area contributed by atoms with Crippen LogP contribution in [0.4, 0.5) is 0 Å². The van der Waals surface area contributed by atoms with E-state index in [0.717, 1.165) is 38.2 Å². The average Bonchev–Trinajstić information content (AvgIpc) is 2.84. The molecule has 0 aromatic carbocycles. The van der Waals surface area contributed by atoms with E-state index in [1.54, 1.807) is 0 Å². The van der Waals surface area contributed by atoms with Crippen molar-refractivity contribution in [3.63, 3.8) is 0 Å². The van der Waals surface area contributed by atoms with Crippen molar-refractivity contribution in [1.29, 1.82) is 0 Å². The van der Waals surface area contributed by atoms with Gasteiger partial charge in [-0.1, -0.05) is 33.6 Å². The predicted molar refractivity (Wildman–Crippen MR) is 88.6 cm³/mol. The molecule has 122 valence electrons. The van der Waals surface area contributed by atoms with Gasteiger partial charge in [-0.3, -0.25) is 4.99 Å². The van der Waals surface area contributed by atoms with Gasteiger partial charge in [0.05, 0.1) is 13.2 Å². The second-order valence-corrected chi connectivity index (χ2v) is 7.89. The van der Waals surface area contributed by atoms with Crippen LogP contribution >= 0.6 is 0 Å². The molecule has 21 heavy (non-hydrogen) atoms. The highest BCUT2D eigenvalue weighted by molar-refractivity contribution is 5.79. The highest BCUT2D eigenvalue weighted by atomic mass is 16.5. The van der Waals surface area contributed by atoms with Gasteiger partial charge in [0.25, 0.3) is 0 Å². The van der Waals surface area contributed by atoms with Gasteiger partial charge in [-0.05, 0) is 30.6 Å². The van der Waals surface area contributed by atoms with E-state index in [-0.39, 0.29) is 5.41 Å². The molecule has 0 radical (unpaired) electrons. The Morgan fingerprint density at radius 2 is 1.76 bits per heavy atom. The van der Waals surface area contributed by atoms with E-state index in [0.29, 0.717) is 5.41 Å². The summed E-state index contributed by atoms with van der Waals surface area (Å²) < 4.78 is 5.30. The normalized spacial score (nSPS) is 24.0. The van der Waals surface area contributed by atoms with E-state index in [9.17, 15) is 0 Å². The Morgan fingerprint density at radius 3 is 2.24 bits per heavy atom. The van der Waals surface area contributed by atoms with Crippen molar-refractivity contribution in [3.8, 4) is 0 Å². The molecule has 2 rings (SSSR count). The Labute approximate surface area is 130 Å². The Kier molecular flexibility index (Phi) is 5.53. The highest BCUT2D eigenvalue weighted by Crippen LogP contribution is 2.42. The number of nitrogens with one attached hydrogen (secondary N) is 2. The predicted octanol–water partition coefficient (Wildman–Crippen LogP) is 2.79. The minimum atomic E-state index is 0.278. The van der Waals surface area contributed by atoms with Crippen LogP contribution in [0.15, 0.2) is 4.99 Å². The van der Waals surface area contributed by atoms with Crippen LogP contribution in [0.3, 0.4) is 0 Å². The van der Waals surface area contributed by atoms with Crippen LogP contribution in [-0.2, 0) is 4.74 Å². The quantitative estimate of drug-likeness (QED) is 0.585. The average molecular weight is 295 g/mol. The fourth-order valence-electron chi connectivity index (χ4n) is 3.79. The summed E-state index contributed by atoms with van der Waals surface area (Å²) in [6.45, 7) is 10.6. The van der Waals surface area contributed by atoms with Crippen LogP contribution in [0, 0.1) is 16.7 Å². The lowest BCUT2D eigenvalue weighted by molar-refractivity contribution is -0.0971. The summed E-state index contributed by atoms with van der Waals surface area (Å²) in [5.74, 6) is 1.71. The van der Waals surface area contributed by atoms with Gasteiger partial charge in [-0.15, -0.1) is 0 Å². The Hall–Kier alpha value is -0.770. The zero-order valence-electron chi connectivity index (χ0n) is 14.3. The molecule has 2 N–H and O–H groups in total. The van der Waals surface area contributed by atoms with Crippen molar-refractivity contribution >= 4 is 5.96 Å². The third-order valence-electron chi connectivity index (χ3n) is 4.94. The number of hydrogen-bond donors (Lipinski definition) is 2. The molecular formula is C17H33N3O. The monoisotopic (exact) mass is 295 g/mol. The van der Waals surface area contributed by atoms with Gasteiger partial charge in [0, 0.05) is 25.6 Å². The summed E-state index contributed by atoms with van der Waals surface area (Å²) >= 11 is 0. The SMILES string of the molecule is CN=C(NCC1(C)COC1)NCC1(CC(C)C)CCCC1. The van der Waals surface area contributed by atoms with Gasteiger partial charge < -0.3 is 15.4 Å². The second-order valence-electron chi connectivity index (χ2n) is 7.89. The van der Waals surface area contributed by atoms with Crippen LogP contribution in [0.1, 0.15) is 52.9 Å². The fourth-order valence-corrected chi connectivity index (χ4v) is 3.79. The highest BCUT2D eigenvalue weighted by Gasteiger charge is 2.35. The standard InChI is InChI=1S/C17H33N3O/c1-14(2)9-17(7-5-6-8-17)11-20-15(18-4)19-10-16(3)12-21-13-16/h14H,5-13H2,1-4H3,(H2,18,19,20). The van der Waals surface area contributed by atoms with Crippen molar-refractivity contribution < 1.29 is 4.74 Å². The smallest absolute Gasteiger partial charge is 0.191 e. The number of rotatable bonds is 6. The zero-order valence-corrected chi connectivity index (χ0v) is 14.3. The second kappa shape index (κ2) is 6.99. The molecule has 4 nitrogen and oxygen atoms in total. The Morgan fingerprint density at radius 1 is 1.14 bits per heavy atom. The number of nitrogens with zero attached hydrogens (tertiary/aromatic N) is 1. The lowest BCUT2D eigenvalue weighted by atomic mass is 9.78. The molecule has 1 heterocycles. The lowest BCUT2D eigenvalue weighted by Crippen LogP contribution is -2.52. The first-order valence-electron chi connectivity index (χ1n) is 8.49. The maximum absolute atomic E-state index is 5.30. The molecule has 2 fully saturated rings. The van der Waals surface area contributed by atoms with Crippen LogP contribution in [0.5, 0.6) is 0 Å². The molecule has 0 unspecified atom stereocenters. The molecule has 4 heteroatoms. The van der Waals surface area contributed by atoms with E-state index in [1.165, 1.54) is 32.1 Å². The summed E-state index contributed by atoms with van der Waals surface area (Å²) in [4.78, 5) is 4.37. The number of ether oxygens (including phenoxy) is 1.